The van der Waals surface area contributed by atoms with Gasteiger partial charge in [0.05, 0.1) is 6.61 Å². The summed E-state index contributed by atoms with van der Waals surface area (Å²) in [7, 11) is 0. The Morgan fingerprint density at radius 3 is 2.91 bits per heavy atom. The van der Waals surface area contributed by atoms with Crippen LogP contribution in [0.4, 0.5) is 0 Å². The van der Waals surface area contributed by atoms with Crippen molar-refractivity contribution in [3.63, 3.8) is 0 Å². The smallest absolute Gasteiger partial charge is 0.258 e. The molecule has 4 heteroatoms. The summed E-state index contributed by atoms with van der Waals surface area (Å²) in [6.45, 7) is 1.32. The number of fused-ring (bicyclic) bond motifs is 1. The van der Waals surface area contributed by atoms with Gasteiger partial charge in [0.15, 0.2) is 6.61 Å². The van der Waals surface area contributed by atoms with Crippen molar-refractivity contribution in [2.75, 3.05) is 13.2 Å². The van der Waals surface area contributed by atoms with Gasteiger partial charge in [-0.3, -0.25) is 4.79 Å². The monoisotopic (exact) mass is 297 g/mol. The van der Waals surface area contributed by atoms with E-state index in [1.165, 1.54) is 5.56 Å². The highest BCUT2D eigenvalue weighted by atomic mass is 16.5. The zero-order chi connectivity index (χ0) is 15.2. The number of hydrogen-bond acceptors (Lipinski definition) is 3. The molecule has 4 nitrogen and oxygen atoms in total. The Bertz CT molecular complexity index is 640. The molecule has 1 amide bonds. The molecule has 2 aromatic carbocycles. The molecule has 1 heterocycles. The van der Waals surface area contributed by atoms with Crippen molar-refractivity contribution in [2.45, 2.75) is 19.4 Å². The quantitative estimate of drug-likeness (QED) is 0.923. The van der Waals surface area contributed by atoms with E-state index >= 15 is 0 Å². The molecule has 0 aliphatic carbocycles. The molecule has 0 atom stereocenters. The van der Waals surface area contributed by atoms with E-state index in [0.717, 1.165) is 30.8 Å². The maximum atomic E-state index is 11.8. The minimum Gasteiger partial charge on any atom is -0.493 e. The van der Waals surface area contributed by atoms with Crippen molar-refractivity contribution in [1.29, 1.82) is 0 Å². The van der Waals surface area contributed by atoms with Gasteiger partial charge in [0, 0.05) is 6.54 Å². The van der Waals surface area contributed by atoms with E-state index < -0.39 is 0 Å². The highest BCUT2D eigenvalue weighted by Gasteiger charge is 2.11. The summed E-state index contributed by atoms with van der Waals surface area (Å²) in [5.41, 5.74) is 2.30. The molecule has 0 saturated carbocycles. The molecule has 0 saturated heterocycles. The first-order chi connectivity index (χ1) is 10.8. The third kappa shape index (κ3) is 3.79. The van der Waals surface area contributed by atoms with E-state index in [1.54, 1.807) is 0 Å². The van der Waals surface area contributed by atoms with Gasteiger partial charge in [0.2, 0.25) is 0 Å². The molecule has 114 valence electrons. The molecule has 3 rings (SSSR count). The van der Waals surface area contributed by atoms with Gasteiger partial charge < -0.3 is 14.8 Å². The minimum absolute atomic E-state index is 0.0259. The average Bonchev–Trinajstić information content (AvgIpc) is 2.59. The van der Waals surface area contributed by atoms with Crippen LogP contribution in [0.2, 0.25) is 0 Å². The van der Waals surface area contributed by atoms with Crippen LogP contribution < -0.4 is 14.8 Å². The summed E-state index contributed by atoms with van der Waals surface area (Å²) < 4.78 is 11.0. The lowest BCUT2D eigenvalue weighted by molar-refractivity contribution is -0.123. The molecule has 0 unspecified atom stereocenters. The maximum Gasteiger partial charge on any atom is 0.258 e. The Balaban J connectivity index is 1.48. The zero-order valence-electron chi connectivity index (χ0n) is 12.4. The second-order valence-corrected chi connectivity index (χ2v) is 5.27. The van der Waals surface area contributed by atoms with Crippen LogP contribution in [0.1, 0.15) is 17.5 Å². The zero-order valence-corrected chi connectivity index (χ0v) is 12.4. The van der Waals surface area contributed by atoms with Crippen LogP contribution in [0.3, 0.4) is 0 Å². The van der Waals surface area contributed by atoms with Gasteiger partial charge in [-0.05, 0) is 42.2 Å². The highest BCUT2D eigenvalue weighted by Crippen LogP contribution is 2.25. The minimum atomic E-state index is -0.127. The van der Waals surface area contributed by atoms with Gasteiger partial charge in [-0.2, -0.15) is 0 Å². The molecule has 2 aromatic rings. The van der Waals surface area contributed by atoms with Gasteiger partial charge in [-0.25, -0.2) is 0 Å². The van der Waals surface area contributed by atoms with Crippen LogP contribution in [0, 0.1) is 0 Å². The molecule has 0 fully saturated rings. The molecule has 1 N–H and O–H groups in total. The topological polar surface area (TPSA) is 47.6 Å². The van der Waals surface area contributed by atoms with E-state index in [2.05, 4.69) is 11.4 Å². The van der Waals surface area contributed by atoms with E-state index in [1.807, 2.05) is 42.5 Å². The standard InChI is InChI=1S/C18H19NO3/c20-18(13-22-16-6-2-1-3-7-16)19-12-14-8-9-17-15(11-14)5-4-10-21-17/h1-3,6-9,11H,4-5,10,12-13H2,(H,19,20). The number of para-hydroxylation sites is 1. The Morgan fingerprint density at radius 1 is 1.18 bits per heavy atom. The Labute approximate surface area is 130 Å². The van der Waals surface area contributed by atoms with Crippen molar-refractivity contribution >= 4 is 5.91 Å². The van der Waals surface area contributed by atoms with Gasteiger partial charge in [0.1, 0.15) is 11.5 Å². The Hall–Kier alpha value is -2.49. The second-order valence-electron chi connectivity index (χ2n) is 5.27. The fourth-order valence-electron chi connectivity index (χ4n) is 2.44. The van der Waals surface area contributed by atoms with Crippen molar-refractivity contribution in [3.05, 3.63) is 59.7 Å². The van der Waals surface area contributed by atoms with E-state index in [4.69, 9.17) is 9.47 Å². The first-order valence-electron chi connectivity index (χ1n) is 7.50. The number of carbonyl (C=O) groups is 1. The fraction of sp³-hybridized carbons (Fsp3) is 0.278. The van der Waals surface area contributed by atoms with Crippen molar-refractivity contribution in [1.82, 2.24) is 5.32 Å². The number of amides is 1. The van der Waals surface area contributed by atoms with E-state index in [-0.39, 0.29) is 12.5 Å². The summed E-state index contributed by atoms with van der Waals surface area (Å²) in [6, 6.07) is 15.4. The summed E-state index contributed by atoms with van der Waals surface area (Å²) in [5, 5.41) is 2.87. The largest absolute Gasteiger partial charge is 0.493 e. The van der Waals surface area contributed by atoms with Crippen LogP contribution in [0.5, 0.6) is 11.5 Å². The normalized spacial score (nSPS) is 12.9. The number of rotatable bonds is 5. The summed E-state index contributed by atoms with van der Waals surface area (Å²) >= 11 is 0. The number of carbonyl (C=O) groups excluding carboxylic acids is 1. The third-order valence-electron chi connectivity index (χ3n) is 3.58. The van der Waals surface area contributed by atoms with Crippen molar-refractivity contribution < 1.29 is 14.3 Å². The third-order valence-corrected chi connectivity index (χ3v) is 3.58. The van der Waals surface area contributed by atoms with Crippen LogP contribution >= 0.6 is 0 Å². The predicted octanol–water partition coefficient (Wildman–Crippen LogP) is 2.71. The Kier molecular flexibility index (Phi) is 4.59. The predicted molar refractivity (Wildman–Crippen MR) is 84.0 cm³/mol. The number of benzene rings is 2. The molecule has 0 aromatic heterocycles. The van der Waals surface area contributed by atoms with Crippen LogP contribution in [0.15, 0.2) is 48.5 Å². The fourth-order valence-corrected chi connectivity index (χ4v) is 2.44. The SMILES string of the molecule is O=C(COc1ccccc1)NCc1ccc2c(c1)CCCO2. The van der Waals surface area contributed by atoms with Gasteiger partial charge >= 0.3 is 0 Å². The summed E-state index contributed by atoms with van der Waals surface area (Å²) in [4.78, 5) is 11.8. The van der Waals surface area contributed by atoms with Crippen molar-refractivity contribution in [3.8, 4) is 11.5 Å². The number of nitrogens with one attached hydrogen (secondary N) is 1. The summed E-state index contributed by atoms with van der Waals surface area (Å²) in [5.74, 6) is 1.54. The molecular formula is C18H19NO3. The first kappa shape index (κ1) is 14.4. The lowest BCUT2D eigenvalue weighted by Crippen LogP contribution is -2.28. The molecule has 0 bridgehead atoms. The lowest BCUT2D eigenvalue weighted by atomic mass is 10.0. The van der Waals surface area contributed by atoms with E-state index in [0.29, 0.717) is 12.3 Å². The molecule has 0 spiro atoms. The number of aryl methyl sites for hydroxylation is 1. The lowest BCUT2D eigenvalue weighted by Gasteiger charge is -2.18. The van der Waals surface area contributed by atoms with Crippen LogP contribution in [-0.4, -0.2) is 19.1 Å². The van der Waals surface area contributed by atoms with Crippen LogP contribution in [0.25, 0.3) is 0 Å². The van der Waals surface area contributed by atoms with Crippen molar-refractivity contribution in [2.24, 2.45) is 0 Å². The number of hydrogen-bond donors (Lipinski definition) is 1. The summed E-state index contributed by atoms with van der Waals surface area (Å²) in [6.07, 6.45) is 2.09. The van der Waals surface area contributed by atoms with Gasteiger partial charge in [-0.15, -0.1) is 0 Å². The second kappa shape index (κ2) is 6.98. The molecule has 0 radical (unpaired) electrons. The average molecular weight is 297 g/mol. The van der Waals surface area contributed by atoms with Gasteiger partial charge in [0.25, 0.3) is 5.91 Å². The molecule has 1 aliphatic heterocycles. The van der Waals surface area contributed by atoms with E-state index in [9.17, 15) is 4.79 Å². The molecular weight excluding hydrogens is 278 g/mol. The maximum absolute atomic E-state index is 11.8. The Morgan fingerprint density at radius 2 is 2.05 bits per heavy atom. The first-order valence-corrected chi connectivity index (χ1v) is 7.50. The number of ether oxygens (including phenoxy) is 2. The molecule has 1 aliphatic rings. The molecule has 22 heavy (non-hydrogen) atoms. The van der Waals surface area contributed by atoms with Gasteiger partial charge in [-0.1, -0.05) is 30.3 Å². The van der Waals surface area contributed by atoms with Crippen LogP contribution in [-0.2, 0) is 17.8 Å². The highest BCUT2D eigenvalue weighted by molar-refractivity contribution is 5.77.